The van der Waals surface area contributed by atoms with E-state index in [1.807, 2.05) is 0 Å². The maximum absolute atomic E-state index is 14.1. The van der Waals surface area contributed by atoms with Crippen LogP contribution in [0, 0.1) is 22.9 Å². The maximum Gasteiger partial charge on any atom is 0.274 e. The number of amides is 1. The van der Waals surface area contributed by atoms with E-state index in [4.69, 9.17) is 0 Å². The number of benzene rings is 1. The van der Waals surface area contributed by atoms with Crippen LogP contribution in [0.5, 0.6) is 0 Å². The number of aromatic nitrogens is 2. The van der Waals surface area contributed by atoms with E-state index in [1.165, 1.54) is 6.92 Å². The predicted octanol–water partition coefficient (Wildman–Crippen LogP) is 2.83. The highest BCUT2D eigenvalue weighted by Crippen LogP contribution is 2.33. The summed E-state index contributed by atoms with van der Waals surface area (Å²) in [5.41, 5.74) is 1.52. The minimum Gasteiger partial charge on any atom is -0.323 e. The summed E-state index contributed by atoms with van der Waals surface area (Å²) in [6.45, 7) is 1.45. The number of nitro benzene ring substituents is 1. The van der Waals surface area contributed by atoms with Crippen molar-refractivity contribution in [1.29, 1.82) is 0 Å². The number of nitrogens with zero attached hydrogens (tertiary/aromatic N) is 3. The molecule has 0 bridgehead atoms. The molecule has 0 spiro atoms. The number of nitro groups is 1. The van der Waals surface area contributed by atoms with Crippen LogP contribution in [0.4, 0.5) is 15.8 Å². The summed E-state index contributed by atoms with van der Waals surface area (Å²) in [6, 6.07) is 2.12. The van der Waals surface area contributed by atoms with Gasteiger partial charge in [-0.2, -0.15) is 5.10 Å². The number of aryl methyl sites for hydroxylation is 3. The molecule has 0 saturated heterocycles. The molecule has 0 unspecified atom stereocenters. The Hall–Kier alpha value is -2.77. The van der Waals surface area contributed by atoms with E-state index in [-0.39, 0.29) is 22.8 Å². The van der Waals surface area contributed by atoms with Gasteiger partial charge in [-0.25, -0.2) is 4.39 Å². The fourth-order valence-electron chi connectivity index (χ4n) is 3.11. The molecule has 0 radical (unpaired) electrons. The van der Waals surface area contributed by atoms with Crippen LogP contribution in [-0.2, 0) is 18.3 Å². The molecule has 1 aliphatic carbocycles. The van der Waals surface area contributed by atoms with Crippen LogP contribution in [0.25, 0.3) is 0 Å². The predicted molar refractivity (Wildman–Crippen MR) is 85.3 cm³/mol. The van der Waals surface area contributed by atoms with Gasteiger partial charge in [0, 0.05) is 30.4 Å². The molecule has 1 aromatic carbocycles. The second kappa shape index (κ2) is 6.03. The molecule has 1 heterocycles. The molecule has 126 valence electrons. The number of hydrogen-bond donors (Lipinski definition) is 1. The summed E-state index contributed by atoms with van der Waals surface area (Å²) in [6.07, 6.45) is 4.07. The minimum absolute atomic E-state index is 0.173. The average molecular weight is 332 g/mol. The summed E-state index contributed by atoms with van der Waals surface area (Å²) in [5.74, 6) is -1.49. The van der Waals surface area contributed by atoms with Crippen molar-refractivity contribution in [2.75, 3.05) is 5.32 Å². The summed E-state index contributed by atoms with van der Waals surface area (Å²) >= 11 is 0. The van der Waals surface area contributed by atoms with Crippen molar-refractivity contribution in [3.8, 4) is 0 Å². The van der Waals surface area contributed by atoms with Crippen molar-refractivity contribution >= 4 is 17.3 Å². The Balaban J connectivity index is 1.88. The van der Waals surface area contributed by atoms with E-state index in [0.29, 0.717) is 6.42 Å². The van der Waals surface area contributed by atoms with Gasteiger partial charge in [0.1, 0.15) is 5.82 Å². The minimum atomic E-state index is -0.686. The third-order valence-corrected chi connectivity index (χ3v) is 4.28. The Bertz CT molecular complexity index is 831. The van der Waals surface area contributed by atoms with Gasteiger partial charge in [-0.05, 0) is 32.3 Å². The van der Waals surface area contributed by atoms with E-state index in [9.17, 15) is 19.3 Å². The van der Waals surface area contributed by atoms with Crippen molar-refractivity contribution in [3.63, 3.8) is 0 Å². The quantitative estimate of drug-likeness (QED) is 0.691. The van der Waals surface area contributed by atoms with Gasteiger partial charge in [0.15, 0.2) is 0 Å². The Morgan fingerprint density at radius 2 is 2.25 bits per heavy atom. The van der Waals surface area contributed by atoms with Gasteiger partial charge in [-0.3, -0.25) is 19.6 Å². The van der Waals surface area contributed by atoms with E-state index >= 15 is 0 Å². The van der Waals surface area contributed by atoms with Crippen molar-refractivity contribution in [1.82, 2.24) is 9.78 Å². The first kappa shape index (κ1) is 16.1. The molecule has 1 atom stereocenters. The van der Waals surface area contributed by atoms with E-state index in [1.54, 1.807) is 17.9 Å². The zero-order valence-corrected chi connectivity index (χ0v) is 13.4. The smallest absolute Gasteiger partial charge is 0.274 e. The molecule has 1 N–H and O–H groups in total. The van der Waals surface area contributed by atoms with Crippen molar-refractivity contribution in [2.45, 2.75) is 32.1 Å². The lowest BCUT2D eigenvalue weighted by atomic mass is 9.86. The number of halogens is 1. The fourth-order valence-corrected chi connectivity index (χ4v) is 3.11. The Kier molecular flexibility index (Phi) is 4.04. The van der Waals surface area contributed by atoms with Crippen molar-refractivity contribution < 1.29 is 14.1 Å². The molecule has 7 nitrogen and oxygen atoms in total. The monoisotopic (exact) mass is 332 g/mol. The SMILES string of the molecule is Cc1cc(F)c(NC(=O)[C@@H]2CCCc3nn(C)cc32)cc1[N+](=O)[O-]. The van der Waals surface area contributed by atoms with Gasteiger partial charge in [-0.15, -0.1) is 0 Å². The van der Waals surface area contributed by atoms with Crippen LogP contribution < -0.4 is 5.32 Å². The van der Waals surface area contributed by atoms with Gasteiger partial charge in [0.2, 0.25) is 5.91 Å². The normalized spacial score (nSPS) is 16.5. The van der Waals surface area contributed by atoms with E-state index in [2.05, 4.69) is 10.4 Å². The van der Waals surface area contributed by atoms with E-state index in [0.717, 1.165) is 36.2 Å². The summed E-state index contributed by atoms with van der Waals surface area (Å²) in [5, 5.41) is 17.8. The number of nitrogens with one attached hydrogen (secondary N) is 1. The number of anilines is 1. The summed E-state index contributed by atoms with van der Waals surface area (Å²) in [4.78, 5) is 23.0. The second-order valence-electron chi connectivity index (χ2n) is 6.01. The Morgan fingerprint density at radius 3 is 2.96 bits per heavy atom. The zero-order valence-electron chi connectivity index (χ0n) is 13.4. The average Bonchev–Trinajstić information content (AvgIpc) is 2.89. The standard InChI is InChI=1S/C16H17FN4O3/c1-9-6-12(17)14(7-15(9)21(23)24)18-16(22)10-4-3-5-13-11(10)8-20(2)19-13/h6-8,10H,3-5H2,1-2H3,(H,18,22)/t10-/m1/s1. The molecule has 0 saturated carbocycles. The number of carbonyl (C=O) groups excluding carboxylic acids is 1. The topological polar surface area (TPSA) is 90.1 Å². The van der Waals surface area contributed by atoms with Crippen LogP contribution in [0.1, 0.15) is 35.6 Å². The third kappa shape index (κ3) is 2.86. The highest BCUT2D eigenvalue weighted by molar-refractivity contribution is 5.96. The first-order valence-corrected chi connectivity index (χ1v) is 7.64. The van der Waals surface area contributed by atoms with Gasteiger partial charge >= 0.3 is 0 Å². The summed E-state index contributed by atoms with van der Waals surface area (Å²) < 4.78 is 15.7. The largest absolute Gasteiger partial charge is 0.323 e. The van der Waals surface area contributed by atoms with Crippen molar-refractivity contribution in [3.05, 3.63) is 51.1 Å². The van der Waals surface area contributed by atoms with Gasteiger partial charge in [0.25, 0.3) is 5.69 Å². The Morgan fingerprint density at radius 1 is 1.50 bits per heavy atom. The molecule has 24 heavy (non-hydrogen) atoms. The Labute approximate surface area is 137 Å². The van der Waals surface area contributed by atoms with Gasteiger partial charge in [0.05, 0.1) is 22.2 Å². The zero-order chi connectivity index (χ0) is 17.4. The summed E-state index contributed by atoms with van der Waals surface area (Å²) in [7, 11) is 1.79. The van der Waals surface area contributed by atoms with E-state index < -0.39 is 16.7 Å². The molecule has 2 aromatic rings. The van der Waals surface area contributed by atoms with Gasteiger partial charge in [-0.1, -0.05) is 0 Å². The number of hydrogen-bond acceptors (Lipinski definition) is 4. The first-order valence-electron chi connectivity index (χ1n) is 7.64. The first-order chi connectivity index (χ1) is 11.4. The maximum atomic E-state index is 14.1. The fraction of sp³-hybridized carbons (Fsp3) is 0.375. The molecule has 3 rings (SSSR count). The van der Waals surface area contributed by atoms with Crippen molar-refractivity contribution in [2.24, 2.45) is 7.05 Å². The molecule has 8 heteroatoms. The lowest BCUT2D eigenvalue weighted by molar-refractivity contribution is -0.385. The molecule has 1 aromatic heterocycles. The third-order valence-electron chi connectivity index (χ3n) is 4.28. The second-order valence-corrected chi connectivity index (χ2v) is 6.01. The van der Waals surface area contributed by atoms with Crippen LogP contribution in [-0.4, -0.2) is 20.6 Å². The molecule has 0 aliphatic heterocycles. The highest BCUT2D eigenvalue weighted by atomic mass is 19.1. The molecule has 1 amide bonds. The lowest BCUT2D eigenvalue weighted by Crippen LogP contribution is -2.24. The lowest BCUT2D eigenvalue weighted by Gasteiger charge is -2.21. The molecule has 1 aliphatic rings. The van der Waals surface area contributed by atoms with Gasteiger partial charge < -0.3 is 5.32 Å². The molecule has 0 fully saturated rings. The highest BCUT2D eigenvalue weighted by Gasteiger charge is 2.29. The van der Waals surface area contributed by atoms with Crippen LogP contribution in [0.3, 0.4) is 0 Å². The number of fused-ring (bicyclic) bond motifs is 1. The number of carbonyl (C=O) groups is 1. The molecular weight excluding hydrogens is 315 g/mol. The van der Waals surface area contributed by atoms with Crippen LogP contribution in [0.15, 0.2) is 18.3 Å². The van der Waals surface area contributed by atoms with Crippen LogP contribution >= 0.6 is 0 Å². The molecular formula is C16H17FN4O3. The van der Waals surface area contributed by atoms with Crippen LogP contribution in [0.2, 0.25) is 0 Å². The number of rotatable bonds is 3.